The maximum absolute atomic E-state index is 2.32. The Bertz CT molecular complexity index is 708. The molecule has 0 radical (unpaired) electrons. The fourth-order valence-electron chi connectivity index (χ4n) is 11.0. The number of hydrogen-bond donors (Lipinski definition) is 0. The van der Waals surface area contributed by atoms with Crippen LogP contribution in [0.3, 0.4) is 0 Å². The molecule has 1 rings (SSSR count). The monoisotopic (exact) mass is 855 g/mol. The standard InChI is InChI=1S/C61H122/c1-2-3-4-5-6-7-8-9-10-11-12-13-14-15-16-17-19-22-25-28-31-34-37-40-43-46-49-52-55-58-61-59-56-53-50-47-44-41-38-35-32-29-26-23-20-18-21-24-27-30-33-36-39-42-45-48-51-54-57-60-61/h61H,2-60H2,1H3. The van der Waals surface area contributed by atoms with E-state index in [4.69, 9.17) is 0 Å². The van der Waals surface area contributed by atoms with E-state index < -0.39 is 0 Å². The van der Waals surface area contributed by atoms with E-state index in [1.165, 1.54) is 360 Å². The van der Waals surface area contributed by atoms with E-state index in [1.54, 1.807) is 19.3 Å². The highest BCUT2D eigenvalue weighted by molar-refractivity contribution is 4.63. The van der Waals surface area contributed by atoms with Crippen LogP contribution in [0.25, 0.3) is 0 Å². The summed E-state index contributed by atoms with van der Waals surface area (Å²) in [5, 5.41) is 0. The van der Waals surface area contributed by atoms with Crippen LogP contribution >= 0.6 is 0 Å². The predicted octanol–water partition coefficient (Wildman–Crippen LogP) is 23.7. The molecule has 0 aliphatic heterocycles. The van der Waals surface area contributed by atoms with Crippen LogP contribution in [0.15, 0.2) is 0 Å². The highest BCUT2D eigenvalue weighted by Crippen LogP contribution is 2.26. The van der Waals surface area contributed by atoms with E-state index in [0.29, 0.717) is 0 Å². The summed E-state index contributed by atoms with van der Waals surface area (Å²) in [4.78, 5) is 0. The molecule has 61 heavy (non-hydrogen) atoms. The van der Waals surface area contributed by atoms with Gasteiger partial charge in [-0.3, -0.25) is 0 Å². The summed E-state index contributed by atoms with van der Waals surface area (Å²) in [6.07, 6.45) is 88.5. The van der Waals surface area contributed by atoms with Gasteiger partial charge in [-0.15, -0.1) is 0 Å². The van der Waals surface area contributed by atoms with E-state index in [-0.39, 0.29) is 0 Å². The second kappa shape index (κ2) is 54.3. The Morgan fingerprint density at radius 2 is 0.328 bits per heavy atom. The van der Waals surface area contributed by atoms with E-state index in [9.17, 15) is 0 Å². The molecule has 366 valence electrons. The first-order valence-electron chi connectivity index (χ1n) is 30.4. The lowest BCUT2D eigenvalue weighted by Gasteiger charge is -2.17. The number of hydrogen-bond acceptors (Lipinski definition) is 0. The van der Waals surface area contributed by atoms with Crippen molar-refractivity contribution in [1.29, 1.82) is 0 Å². The number of unbranched alkanes of at least 4 members (excludes halogenated alkanes) is 28. The van der Waals surface area contributed by atoms with Crippen molar-refractivity contribution in [3.63, 3.8) is 0 Å². The Morgan fingerprint density at radius 3 is 0.508 bits per heavy atom. The van der Waals surface area contributed by atoms with Crippen LogP contribution in [0, 0.1) is 5.92 Å². The quantitative estimate of drug-likeness (QED) is 0.0632. The Hall–Kier alpha value is 0. The van der Waals surface area contributed by atoms with Gasteiger partial charge in [-0.2, -0.15) is 0 Å². The molecular weight excluding hydrogens is 733 g/mol. The lowest BCUT2D eigenvalue weighted by Crippen LogP contribution is -2.01. The number of rotatable bonds is 30. The topological polar surface area (TPSA) is 0 Å². The minimum Gasteiger partial charge on any atom is -0.0654 e. The molecule has 0 atom stereocenters. The van der Waals surface area contributed by atoms with Crippen LogP contribution in [0.5, 0.6) is 0 Å². The molecule has 1 aliphatic rings. The Labute approximate surface area is 390 Å². The third-order valence-corrected chi connectivity index (χ3v) is 15.4. The molecule has 0 aromatic carbocycles. The van der Waals surface area contributed by atoms with Gasteiger partial charge in [0.15, 0.2) is 0 Å². The zero-order chi connectivity index (χ0) is 43.3. The van der Waals surface area contributed by atoms with Gasteiger partial charge in [0, 0.05) is 0 Å². The predicted molar refractivity (Wildman–Crippen MR) is 282 cm³/mol. The summed E-state index contributed by atoms with van der Waals surface area (Å²) in [6, 6.07) is 0. The first-order chi connectivity index (χ1) is 30.4. The van der Waals surface area contributed by atoms with E-state index >= 15 is 0 Å². The average Bonchev–Trinajstić information content (AvgIpc) is 3.27. The minimum absolute atomic E-state index is 1.04. The summed E-state index contributed by atoms with van der Waals surface area (Å²) in [6.45, 7) is 2.32. The van der Waals surface area contributed by atoms with Crippen molar-refractivity contribution in [1.82, 2.24) is 0 Å². The highest BCUT2D eigenvalue weighted by atomic mass is 14.2. The summed E-state index contributed by atoms with van der Waals surface area (Å²) in [5.74, 6) is 1.04. The van der Waals surface area contributed by atoms with Gasteiger partial charge >= 0.3 is 0 Å². The molecule has 1 saturated carbocycles. The Balaban J connectivity index is 1.98. The van der Waals surface area contributed by atoms with Gasteiger partial charge in [0.25, 0.3) is 0 Å². The second-order valence-electron chi connectivity index (χ2n) is 21.7. The molecule has 0 heterocycles. The molecule has 1 fully saturated rings. The van der Waals surface area contributed by atoms with Gasteiger partial charge < -0.3 is 0 Å². The second-order valence-corrected chi connectivity index (χ2v) is 21.7. The summed E-state index contributed by atoms with van der Waals surface area (Å²) >= 11 is 0. The average molecular weight is 856 g/mol. The smallest absolute Gasteiger partial charge is 0.0414 e. The first kappa shape index (κ1) is 59.0. The maximum Gasteiger partial charge on any atom is -0.0414 e. The normalized spacial score (nSPS) is 18.2. The maximum atomic E-state index is 2.32. The summed E-state index contributed by atoms with van der Waals surface area (Å²) in [5.41, 5.74) is 0. The summed E-state index contributed by atoms with van der Waals surface area (Å²) < 4.78 is 0. The van der Waals surface area contributed by atoms with Crippen molar-refractivity contribution >= 4 is 0 Å². The van der Waals surface area contributed by atoms with Crippen LogP contribution in [0.4, 0.5) is 0 Å². The van der Waals surface area contributed by atoms with Crippen molar-refractivity contribution < 1.29 is 0 Å². The van der Waals surface area contributed by atoms with E-state index in [0.717, 1.165) is 5.92 Å². The van der Waals surface area contributed by atoms with Crippen LogP contribution < -0.4 is 0 Å². The Morgan fingerprint density at radius 1 is 0.180 bits per heavy atom. The van der Waals surface area contributed by atoms with Crippen LogP contribution in [-0.2, 0) is 0 Å². The van der Waals surface area contributed by atoms with Crippen molar-refractivity contribution in [2.24, 2.45) is 5.92 Å². The van der Waals surface area contributed by atoms with Crippen LogP contribution in [-0.4, -0.2) is 0 Å². The third kappa shape index (κ3) is 50.9. The molecule has 0 unspecified atom stereocenters. The molecule has 0 heteroatoms. The minimum atomic E-state index is 1.04. The molecular formula is C61H122. The van der Waals surface area contributed by atoms with Gasteiger partial charge in [-0.25, -0.2) is 0 Å². The van der Waals surface area contributed by atoms with Gasteiger partial charge in [-0.05, 0) is 5.92 Å². The molecule has 0 amide bonds. The van der Waals surface area contributed by atoms with Gasteiger partial charge in [0.1, 0.15) is 0 Å². The molecule has 0 nitrogen and oxygen atoms in total. The van der Waals surface area contributed by atoms with Crippen molar-refractivity contribution in [3.8, 4) is 0 Å². The fraction of sp³-hybridized carbons (Fsp3) is 1.00. The SMILES string of the molecule is CCCCCCCCCCCCCCCCCCCCCCCCCCCCCCCC1CCCCCCCCCCCCCCCCCCCCCCCCCCCCC1. The molecule has 1 aliphatic carbocycles. The summed E-state index contributed by atoms with van der Waals surface area (Å²) in [7, 11) is 0. The molecule has 0 saturated heterocycles. The largest absolute Gasteiger partial charge is 0.0654 e. The van der Waals surface area contributed by atoms with E-state index in [2.05, 4.69) is 6.92 Å². The molecule has 0 N–H and O–H groups in total. The lowest BCUT2D eigenvalue weighted by atomic mass is 9.89. The molecule has 0 aromatic heterocycles. The van der Waals surface area contributed by atoms with Crippen molar-refractivity contribution in [2.75, 3.05) is 0 Å². The zero-order valence-electron chi connectivity index (χ0n) is 43.3. The first-order valence-corrected chi connectivity index (χ1v) is 30.4. The molecule has 0 aromatic rings. The third-order valence-electron chi connectivity index (χ3n) is 15.4. The molecule has 0 spiro atoms. The van der Waals surface area contributed by atoms with Gasteiger partial charge in [0.05, 0.1) is 0 Å². The van der Waals surface area contributed by atoms with Crippen molar-refractivity contribution in [3.05, 3.63) is 0 Å². The highest BCUT2D eigenvalue weighted by Gasteiger charge is 2.09. The fourth-order valence-corrected chi connectivity index (χ4v) is 11.0. The zero-order valence-corrected chi connectivity index (χ0v) is 43.3. The Kier molecular flexibility index (Phi) is 52.6. The molecule has 0 bridgehead atoms. The lowest BCUT2D eigenvalue weighted by molar-refractivity contribution is 0.365. The van der Waals surface area contributed by atoms with Gasteiger partial charge in [0.2, 0.25) is 0 Å². The van der Waals surface area contributed by atoms with Crippen LogP contribution in [0.2, 0.25) is 0 Å². The van der Waals surface area contributed by atoms with Gasteiger partial charge in [-0.1, -0.05) is 386 Å². The van der Waals surface area contributed by atoms with Crippen molar-refractivity contribution in [2.45, 2.75) is 386 Å². The van der Waals surface area contributed by atoms with Crippen LogP contribution in [0.1, 0.15) is 386 Å². The van der Waals surface area contributed by atoms with E-state index in [1.807, 2.05) is 0 Å².